The van der Waals surface area contributed by atoms with E-state index in [2.05, 4.69) is 23.7 Å². The van der Waals surface area contributed by atoms with Gasteiger partial charge in [0.05, 0.1) is 5.56 Å². The number of aromatic nitrogens is 1. The highest BCUT2D eigenvalue weighted by Crippen LogP contribution is 2.20. The van der Waals surface area contributed by atoms with Crippen LogP contribution in [0.4, 0.5) is 4.39 Å². The third-order valence-corrected chi connectivity index (χ3v) is 4.75. The molecule has 2 heterocycles. The van der Waals surface area contributed by atoms with E-state index in [1.165, 1.54) is 12.1 Å². The third-order valence-electron chi connectivity index (χ3n) is 4.75. The summed E-state index contributed by atoms with van der Waals surface area (Å²) in [7, 11) is 0. The van der Waals surface area contributed by atoms with Crippen molar-refractivity contribution < 1.29 is 9.18 Å². The van der Waals surface area contributed by atoms with Crippen LogP contribution in [0.5, 0.6) is 0 Å². The van der Waals surface area contributed by atoms with Crippen LogP contribution in [0.15, 0.2) is 36.5 Å². The molecule has 1 aliphatic heterocycles. The molecule has 0 radical (unpaired) electrons. The molecule has 2 atom stereocenters. The van der Waals surface area contributed by atoms with Crippen LogP contribution >= 0.6 is 0 Å². The predicted octanol–water partition coefficient (Wildman–Crippen LogP) is 3.20. The number of amides is 1. The average Bonchev–Trinajstić information content (AvgIpc) is 2.98. The monoisotopic (exact) mass is 329 g/mol. The van der Waals surface area contributed by atoms with E-state index in [-0.39, 0.29) is 23.8 Å². The van der Waals surface area contributed by atoms with Gasteiger partial charge in [-0.25, -0.2) is 4.39 Å². The highest BCUT2D eigenvalue weighted by Gasteiger charge is 2.32. The summed E-state index contributed by atoms with van der Waals surface area (Å²) in [5.74, 6) is -0.127. The Morgan fingerprint density at radius 3 is 2.54 bits per heavy atom. The van der Waals surface area contributed by atoms with Crippen molar-refractivity contribution in [3.05, 3.63) is 59.2 Å². The second-order valence-corrected chi connectivity index (χ2v) is 6.78. The topological polar surface area (TPSA) is 39.3 Å². The number of benzene rings is 1. The molecule has 0 spiro atoms. The number of nitrogens with zero attached hydrogens (tertiary/aromatic N) is 2. The van der Waals surface area contributed by atoms with Crippen molar-refractivity contribution in [1.82, 2.24) is 14.8 Å². The molecule has 2 aromatic rings. The van der Waals surface area contributed by atoms with Crippen molar-refractivity contribution in [3.63, 3.8) is 0 Å². The first kappa shape index (κ1) is 16.7. The number of halogens is 1. The van der Waals surface area contributed by atoms with Gasteiger partial charge < -0.3 is 9.88 Å². The molecule has 1 N–H and O–H groups in total. The average molecular weight is 329 g/mol. The summed E-state index contributed by atoms with van der Waals surface area (Å²) in [6, 6.07) is 8.94. The van der Waals surface area contributed by atoms with Crippen LogP contribution in [0.3, 0.4) is 0 Å². The fourth-order valence-electron chi connectivity index (χ4n) is 3.32. The molecule has 1 aromatic carbocycles. The van der Waals surface area contributed by atoms with Crippen molar-refractivity contribution >= 4 is 5.91 Å². The highest BCUT2D eigenvalue weighted by atomic mass is 19.1. The van der Waals surface area contributed by atoms with Crippen molar-refractivity contribution in [1.29, 1.82) is 0 Å². The Morgan fingerprint density at radius 1 is 1.21 bits per heavy atom. The lowest BCUT2D eigenvalue weighted by Crippen LogP contribution is -2.57. The van der Waals surface area contributed by atoms with Crippen LogP contribution < -0.4 is 0 Å². The smallest absolute Gasteiger partial charge is 0.255 e. The maximum absolute atomic E-state index is 13.0. The van der Waals surface area contributed by atoms with Gasteiger partial charge in [0.15, 0.2) is 0 Å². The van der Waals surface area contributed by atoms with E-state index in [4.69, 9.17) is 0 Å². The molecule has 1 amide bonds. The number of piperazine rings is 1. The highest BCUT2D eigenvalue weighted by molar-refractivity contribution is 5.94. The Hall–Kier alpha value is -2.14. The number of rotatable bonds is 3. The summed E-state index contributed by atoms with van der Waals surface area (Å²) in [4.78, 5) is 20.1. The number of carbonyl (C=O) groups excluding carboxylic acids is 1. The summed E-state index contributed by atoms with van der Waals surface area (Å²) < 4.78 is 13.0. The number of hydrogen-bond donors (Lipinski definition) is 1. The van der Waals surface area contributed by atoms with E-state index in [0.29, 0.717) is 6.54 Å². The molecular weight excluding hydrogens is 305 g/mol. The van der Waals surface area contributed by atoms with Gasteiger partial charge >= 0.3 is 0 Å². The zero-order valence-corrected chi connectivity index (χ0v) is 14.4. The van der Waals surface area contributed by atoms with Crippen LogP contribution in [-0.4, -0.2) is 45.9 Å². The van der Waals surface area contributed by atoms with Gasteiger partial charge in [0.25, 0.3) is 5.91 Å². The molecule has 1 saturated heterocycles. The molecule has 128 valence electrons. The number of carbonyl (C=O) groups is 1. The molecule has 1 unspecified atom stereocenters. The molecule has 0 saturated carbocycles. The van der Waals surface area contributed by atoms with E-state index in [0.717, 1.165) is 29.9 Å². The fraction of sp³-hybridized carbons (Fsp3) is 0.421. The van der Waals surface area contributed by atoms with Crippen LogP contribution in [0.25, 0.3) is 0 Å². The number of hydrogen-bond acceptors (Lipinski definition) is 2. The quantitative estimate of drug-likeness (QED) is 0.939. The molecule has 0 aliphatic carbocycles. The minimum atomic E-state index is -0.211. The minimum absolute atomic E-state index is 0.0835. The predicted molar refractivity (Wildman–Crippen MR) is 92.3 cm³/mol. The second kappa shape index (κ2) is 6.77. The van der Waals surface area contributed by atoms with Crippen molar-refractivity contribution in [3.8, 4) is 0 Å². The lowest BCUT2D eigenvalue weighted by molar-refractivity contribution is 0.0291. The number of nitrogens with one attached hydrogen (secondary N) is 1. The second-order valence-electron chi connectivity index (χ2n) is 6.78. The lowest BCUT2D eigenvalue weighted by atomic mass is 10.1. The van der Waals surface area contributed by atoms with Gasteiger partial charge in [-0.2, -0.15) is 0 Å². The van der Waals surface area contributed by atoms with E-state index in [1.54, 1.807) is 6.20 Å². The SMILES string of the molecule is Cc1cc(C(=O)N2C[C@H](C)N(Cc3ccc(F)cc3)CC2C)c[nH]1. The molecule has 3 rings (SSSR count). The normalized spacial score (nSPS) is 21.9. The Morgan fingerprint density at radius 2 is 1.92 bits per heavy atom. The maximum atomic E-state index is 13.0. The lowest BCUT2D eigenvalue weighted by Gasteiger charge is -2.44. The van der Waals surface area contributed by atoms with E-state index >= 15 is 0 Å². The first-order valence-electron chi connectivity index (χ1n) is 8.38. The van der Waals surface area contributed by atoms with Crippen LogP contribution in [0, 0.1) is 12.7 Å². The Labute approximate surface area is 142 Å². The molecule has 1 aromatic heterocycles. The standard InChI is InChI=1S/C19H24FN3O/c1-13-8-17(9-21-13)19(24)23-11-14(2)22(10-15(23)3)12-16-4-6-18(20)7-5-16/h4-9,14-15,21H,10-12H2,1-3H3/t14-,15?/m0/s1. The Kier molecular flexibility index (Phi) is 4.71. The van der Waals surface area contributed by atoms with Crippen LogP contribution in [0.2, 0.25) is 0 Å². The van der Waals surface area contributed by atoms with Gasteiger partial charge in [0.1, 0.15) is 5.82 Å². The van der Waals surface area contributed by atoms with Gasteiger partial charge in [0, 0.05) is 43.6 Å². The minimum Gasteiger partial charge on any atom is -0.364 e. The molecule has 0 bridgehead atoms. The molecular formula is C19H24FN3O. The first-order valence-corrected chi connectivity index (χ1v) is 8.38. The van der Waals surface area contributed by atoms with Gasteiger partial charge in [-0.1, -0.05) is 12.1 Å². The van der Waals surface area contributed by atoms with E-state index in [1.807, 2.05) is 30.0 Å². The van der Waals surface area contributed by atoms with Gasteiger partial charge in [0.2, 0.25) is 0 Å². The molecule has 1 fully saturated rings. The van der Waals surface area contributed by atoms with Gasteiger partial charge in [-0.3, -0.25) is 9.69 Å². The first-order chi connectivity index (χ1) is 11.4. The summed E-state index contributed by atoms with van der Waals surface area (Å²) in [5, 5.41) is 0. The summed E-state index contributed by atoms with van der Waals surface area (Å²) >= 11 is 0. The number of aromatic amines is 1. The van der Waals surface area contributed by atoms with Crippen LogP contribution in [-0.2, 0) is 6.54 Å². The molecule has 5 heteroatoms. The number of H-pyrrole nitrogens is 1. The largest absolute Gasteiger partial charge is 0.364 e. The molecule has 1 aliphatic rings. The molecule has 24 heavy (non-hydrogen) atoms. The number of aryl methyl sites for hydroxylation is 1. The van der Waals surface area contributed by atoms with Gasteiger partial charge in [-0.15, -0.1) is 0 Å². The Bertz CT molecular complexity index is 710. The zero-order valence-electron chi connectivity index (χ0n) is 14.4. The fourth-order valence-corrected chi connectivity index (χ4v) is 3.32. The molecule has 4 nitrogen and oxygen atoms in total. The summed E-state index contributed by atoms with van der Waals surface area (Å²) in [6.07, 6.45) is 1.78. The van der Waals surface area contributed by atoms with Crippen molar-refractivity contribution in [2.75, 3.05) is 13.1 Å². The maximum Gasteiger partial charge on any atom is 0.255 e. The van der Waals surface area contributed by atoms with Crippen LogP contribution in [0.1, 0.15) is 35.5 Å². The van der Waals surface area contributed by atoms with E-state index in [9.17, 15) is 9.18 Å². The summed E-state index contributed by atoms with van der Waals surface area (Å²) in [6.45, 7) is 8.46. The van der Waals surface area contributed by atoms with E-state index < -0.39 is 0 Å². The Balaban J connectivity index is 1.67. The summed E-state index contributed by atoms with van der Waals surface area (Å²) in [5.41, 5.74) is 2.81. The third kappa shape index (κ3) is 3.51. The van der Waals surface area contributed by atoms with Crippen molar-refractivity contribution in [2.24, 2.45) is 0 Å². The van der Waals surface area contributed by atoms with Gasteiger partial charge in [-0.05, 0) is 44.5 Å². The zero-order chi connectivity index (χ0) is 17.3. The van der Waals surface area contributed by atoms with Crippen molar-refractivity contribution in [2.45, 2.75) is 39.4 Å².